The van der Waals surface area contributed by atoms with Gasteiger partial charge >= 0.3 is 0 Å². The van der Waals surface area contributed by atoms with E-state index in [1.165, 1.54) is 22.9 Å². The first kappa shape index (κ1) is 21.3. The van der Waals surface area contributed by atoms with Crippen LogP contribution in [0.15, 0.2) is 30.4 Å². The van der Waals surface area contributed by atoms with Gasteiger partial charge < -0.3 is 0 Å². The van der Waals surface area contributed by atoms with Crippen molar-refractivity contribution in [1.82, 2.24) is 0 Å². The topological polar surface area (TPSA) is 0 Å². The zero-order chi connectivity index (χ0) is 18.3. The van der Waals surface area contributed by atoms with E-state index >= 15 is 0 Å². The summed E-state index contributed by atoms with van der Waals surface area (Å²) in [6.07, 6.45) is 5.34. The number of hydrogen-bond donors (Lipinski definition) is 0. The number of hydrogen-bond acceptors (Lipinski definition) is 1. The first-order chi connectivity index (χ1) is 11.2. The number of allylic oxidation sites excluding steroid dienone is 1. The molecular weight excluding hydrogens is 339 g/mol. The summed E-state index contributed by atoms with van der Waals surface area (Å²) in [5, 5.41) is 0.194. The lowest BCUT2D eigenvalue weighted by Gasteiger charge is -2.16. The van der Waals surface area contributed by atoms with E-state index in [1.807, 2.05) is 6.07 Å². The molecule has 0 bridgehead atoms. The maximum Gasteiger partial charge on any atom is 0.141 e. The van der Waals surface area contributed by atoms with Gasteiger partial charge in [0.25, 0.3) is 0 Å². The van der Waals surface area contributed by atoms with E-state index in [0.29, 0.717) is 17.8 Å². The van der Waals surface area contributed by atoms with Crippen LogP contribution < -0.4 is 0 Å². The molecule has 0 heterocycles. The fourth-order valence-corrected chi connectivity index (χ4v) is 3.33. The van der Waals surface area contributed by atoms with Crippen molar-refractivity contribution in [3.63, 3.8) is 0 Å². The minimum absolute atomic E-state index is 0.194. The molecule has 24 heavy (non-hydrogen) atoms. The van der Waals surface area contributed by atoms with Crippen molar-refractivity contribution in [3.05, 3.63) is 46.8 Å². The Kier molecular flexibility index (Phi) is 9.15. The Bertz CT molecular complexity index is 565. The summed E-state index contributed by atoms with van der Waals surface area (Å²) in [6.45, 7) is 13.0. The largest absolute Gasteiger partial charge is 0.205 e. The molecule has 0 spiro atoms. The fourth-order valence-electron chi connectivity index (χ4n) is 2.85. The van der Waals surface area contributed by atoms with Gasteiger partial charge in [0, 0.05) is 0 Å². The third-order valence-corrected chi connectivity index (χ3v) is 5.46. The van der Waals surface area contributed by atoms with Crippen LogP contribution in [0.5, 0.6) is 0 Å². The lowest BCUT2D eigenvalue weighted by atomic mass is 9.90. The van der Waals surface area contributed by atoms with Crippen molar-refractivity contribution in [2.45, 2.75) is 65.7 Å². The molecule has 1 rings (SSSR count). The first-order valence-corrected chi connectivity index (χ1v) is 9.63. The van der Waals surface area contributed by atoms with Crippen LogP contribution in [0, 0.1) is 17.7 Å². The first-order valence-electron chi connectivity index (χ1n) is 8.85. The molecule has 0 saturated heterocycles. The predicted molar refractivity (Wildman–Crippen MR) is 109 cm³/mol. The third kappa shape index (κ3) is 7.44. The van der Waals surface area contributed by atoms with Crippen LogP contribution in [-0.4, -0.2) is 4.86 Å². The molecule has 2 atom stereocenters. The monoisotopic (exact) mass is 368 g/mol. The van der Waals surface area contributed by atoms with Gasteiger partial charge in [0.15, 0.2) is 0 Å². The smallest absolute Gasteiger partial charge is 0.141 e. The van der Waals surface area contributed by atoms with Crippen molar-refractivity contribution < 1.29 is 4.39 Å². The van der Waals surface area contributed by atoms with E-state index in [0.717, 1.165) is 31.2 Å². The molecule has 3 heteroatoms. The van der Waals surface area contributed by atoms with E-state index in [-0.39, 0.29) is 10.8 Å². The number of rotatable bonds is 10. The molecule has 0 N–H and O–H groups in total. The van der Waals surface area contributed by atoms with Crippen molar-refractivity contribution in [1.29, 1.82) is 0 Å². The quantitative estimate of drug-likeness (QED) is 0.300. The minimum atomic E-state index is -0.361. The summed E-state index contributed by atoms with van der Waals surface area (Å²) in [7, 11) is 0. The molecular formula is C21H30ClFS. The number of benzene rings is 1. The van der Waals surface area contributed by atoms with E-state index in [1.54, 1.807) is 6.07 Å². The van der Waals surface area contributed by atoms with E-state index in [4.69, 9.17) is 23.8 Å². The Morgan fingerprint density at radius 2 is 1.88 bits per heavy atom. The zero-order valence-electron chi connectivity index (χ0n) is 15.4. The van der Waals surface area contributed by atoms with E-state index < -0.39 is 0 Å². The Hall–Kier alpha value is -0.730. The van der Waals surface area contributed by atoms with Crippen molar-refractivity contribution in [2.24, 2.45) is 11.8 Å². The van der Waals surface area contributed by atoms with Gasteiger partial charge in [-0.25, -0.2) is 4.39 Å². The molecule has 2 unspecified atom stereocenters. The molecule has 0 aromatic heterocycles. The van der Waals surface area contributed by atoms with Gasteiger partial charge in [0.2, 0.25) is 0 Å². The lowest BCUT2D eigenvalue weighted by molar-refractivity contribution is 0.518. The second-order valence-corrected chi connectivity index (χ2v) is 8.28. The molecule has 0 fully saturated rings. The highest BCUT2D eigenvalue weighted by molar-refractivity contribution is 7.80. The highest BCUT2D eigenvalue weighted by Crippen LogP contribution is 2.28. The summed E-state index contributed by atoms with van der Waals surface area (Å²) < 4.78 is 13.2. The van der Waals surface area contributed by atoms with Gasteiger partial charge in [-0.05, 0) is 66.0 Å². The minimum Gasteiger partial charge on any atom is -0.205 e. The summed E-state index contributed by atoms with van der Waals surface area (Å²) in [6, 6.07) is 4.98. The average molecular weight is 369 g/mol. The van der Waals surface area contributed by atoms with Gasteiger partial charge in [-0.3, -0.25) is 0 Å². The van der Waals surface area contributed by atoms with Crippen LogP contribution in [0.3, 0.4) is 0 Å². The van der Waals surface area contributed by atoms with Gasteiger partial charge in [-0.2, -0.15) is 0 Å². The average Bonchev–Trinajstić information content (AvgIpc) is 2.49. The highest BCUT2D eigenvalue weighted by Gasteiger charge is 2.12. The maximum atomic E-state index is 13.2. The summed E-state index contributed by atoms with van der Waals surface area (Å²) >= 11 is 11.3. The molecule has 1 aromatic rings. The van der Waals surface area contributed by atoms with Crippen molar-refractivity contribution in [3.8, 4) is 0 Å². The van der Waals surface area contributed by atoms with Crippen LogP contribution in [0.2, 0.25) is 5.02 Å². The normalized spacial score (nSPS) is 13.8. The summed E-state index contributed by atoms with van der Waals surface area (Å²) in [4.78, 5) is 1.18. The molecule has 0 amide bonds. The second-order valence-electron chi connectivity index (χ2n) is 7.35. The van der Waals surface area contributed by atoms with E-state index in [9.17, 15) is 4.39 Å². The number of thiocarbonyl (C=S) groups is 1. The van der Waals surface area contributed by atoms with Crippen LogP contribution in [0.1, 0.15) is 71.3 Å². The SMILES string of the molecule is C=C(CCCC(C)CC(=S)C(C)C)CC(C)c1ccc(F)c(Cl)c1. The third-order valence-electron chi connectivity index (χ3n) is 4.53. The Morgan fingerprint density at radius 3 is 2.46 bits per heavy atom. The zero-order valence-corrected chi connectivity index (χ0v) is 16.9. The van der Waals surface area contributed by atoms with Gasteiger partial charge in [-0.15, -0.1) is 0 Å². The van der Waals surface area contributed by atoms with Crippen molar-refractivity contribution >= 4 is 28.7 Å². The molecule has 1 aromatic carbocycles. The molecule has 0 nitrogen and oxygen atoms in total. The second kappa shape index (κ2) is 10.3. The van der Waals surface area contributed by atoms with Gasteiger partial charge in [0.1, 0.15) is 5.82 Å². The van der Waals surface area contributed by atoms with Crippen LogP contribution in [-0.2, 0) is 0 Å². The molecule has 0 saturated carbocycles. The Morgan fingerprint density at radius 1 is 1.21 bits per heavy atom. The summed E-state index contributed by atoms with van der Waals surface area (Å²) in [5.41, 5.74) is 2.32. The van der Waals surface area contributed by atoms with Crippen molar-refractivity contribution in [2.75, 3.05) is 0 Å². The molecule has 0 aliphatic rings. The van der Waals surface area contributed by atoms with Crippen LogP contribution >= 0.6 is 23.8 Å². The Labute approximate surface area is 157 Å². The molecule has 134 valence electrons. The number of halogens is 2. The Balaban J connectivity index is 2.35. The van der Waals surface area contributed by atoms with E-state index in [2.05, 4.69) is 34.3 Å². The van der Waals surface area contributed by atoms with Gasteiger partial charge in [-0.1, -0.05) is 76.2 Å². The molecule has 0 radical (unpaired) electrons. The molecule has 0 aliphatic carbocycles. The maximum absolute atomic E-state index is 13.2. The van der Waals surface area contributed by atoms with Crippen LogP contribution in [0.25, 0.3) is 0 Å². The fraction of sp³-hybridized carbons (Fsp3) is 0.571. The predicted octanol–water partition coefficient (Wildman–Crippen LogP) is 7.75. The molecule has 0 aliphatic heterocycles. The highest BCUT2D eigenvalue weighted by atomic mass is 35.5. The van der Waals surface area contributed by atoms with Gasteiger partial charge in [0.05, 0.1) is 5.02 Å². The summed E-state index contributed by atoms with van der Waals surface area (Å²) in [5.74, 6) is 1.09. The van der Waals surface area contributed by atoms with Crippen LogP contribution in [0.4, 0.5) is 4.39 Å². The lowest BCUT2D eigenvalue weighted by Crippen LogP contribution is -2.09. The standard InChI is InChI=1S/C21H30ClFS/c1-14(2)21(24)12-16(4)8-6-7-15(3)11-17(5)18-9-10-20(23)19(22)13-18/h9-10,13-14,16-17H,3,6-8,11-12H2,1-2,4-5H3.